The molecule has 1 N–H and O–H groups in total. The van der Waals surface area contributed by atoms with Gasteiger partial charge in [0.25, 0.3) is 0 Å². The summed E-state index contributed by atoms with van der Waals surface area (Å²) in [6, 6.07) is 0.506. The van der Waals surface area contributed by atoms with Crippen LogP contribution in [0.1, 0.15) is 57.1 Å². The molecule has 3 heteroatoms. The molecule has 1 atom stereocenters. The third-order valence-electron chi connectivity index (χ3n) is 3.81. The van der Waals surface area contributed by atoms with E-state index in [0.717, 1.165) is 12.5 Å². The van der Waals surface area contributed by atoms with E-state index in [4.69, 9.17) is 0 Å². The molecule has 1 unspecified atom stereocenters. The van der Waals surface area contributed by atoms with Crippen LogP contribution in [0.25, 0.3) is 0 Å². The fourth-order valence-electron chi connectivity index (χ4n) is 2.86. The predicted molar refractivity (Wildman–Crippen MR) is 70.8 cm³/mol. The van der Waals surface area contributed by atoms with E-state index in [-0.39, 0.29) is 0 Å². The van der Waals surface area contributed by atoms with E-state index >= 15 is 0 Å². The van der Waals surface area contributed by atoms with Crippen molar-refractivity contribution in [2.24, 2.45) is 13.0 Å². The number of aromatic nitrogens is 2. The average molecular weight is 235 g/mol. The lowest BCUT2D eigenvalue weighted by Gasteiger charge is -2.20. The molecule has 1 aromatic rings. The smallest absolute Gasteiger partial charge is 0.0537 e. The second-order valence-electron chi connectivity index (χ2n) is 5.34. The highest BCUT2D eigenvalue weighted by atomic mass is 15.2. The Morgan fingerprint density at radius 2 is 2.24 bits per heavy atom. The molecule has 17 heavy (non-hydrogen) atoms. The normalized spacial score (nSPS) is 18.7. The van der Waals surface area contributed by atoms with Crippen molar-refractivity contribution in [3.63, 3.8) is 0 Å². The van der Waals surface area contributed by atoms with Gasteiger partial charge in [0.05, 0.1) is 6.20 Å². The van der Waals surface area contributed by atoms with Crippen molar-refractivity contribution in [3.8, 4) is 0 Å². The fraction of sp³-hybridized carbons (Fsp3) is 0.786. The van der Waals surface area contributed by atoms with Crippen LogP contribution in [-0.4, -0.2) is 16.3 Å². The van der Waals surface area contributed by atoms with Crippen LogP contribution in [0.3, 0.4) is 0 Å². The minimum atomic E-state index is 0.506. The molecule has 96 valence electrons. The monoisotopic (exact) mass is 235 g/mol. The van der Waals surface area contributed by atoms with Crippen LogP contribution in [-0.2, 0) is 7.05 Å². The molecule has 0 saturated heterocycles. The number of aryl methyl sites for hydroxylation is 1. The van der Waals surface area contributed by atoms with E-state index in [1.54, 1.807) is 0 Å². The van der Waals surface area contributed by atoms with Crippen molar-refractivity contribution < 1.29 is 0 Å². The lowest BCUT2D eigenvalue weighted by atomic mass is 9.95. The number of hydrogen-bond donors (Lipinski definition) is 1. The van der Waals surface area contributed by atoms with Gasteiger partial charge >= 0.3 is 0 Å². The van der Waals surface area contributed by atoms with Crippen molar-refractivity contribution >= 4 is 0 Å². The van der Waals surface area contributed by atoms with E-state index in [0.29, 0.717) is 6.04 Å². The average Bonchev–Trinajstić information content (AvgIpc) is 2.95. The van der Waals surface area contributed by atoms with Crippen molar-refractivity contribution in [1.82, 2.24) is 15.1 Å². The zero-order chi connectivity index (χ0) is 12.1. The van der Waals surface area contributed by atoms with Crippen molar-refractivity contribution in [2.75, 3.05) is 6.54 Å². The first kappa shape index (κ1) is 12.6. The minimum absolute atomic E-state index is 0.506. The van der Waals surface area contributed by atoms with Gasteiger partial charge in [0.1, 0.15) is 0 Å². The second kappa shape index (κ2) is 6.20. The molecule has 3 nitrogen and oxygen atoms in total. The molecule has 0 aromatic carbocycles. The molecule has 1 aromatic heterocycles. The third kappa shape index (κ3) is 3.56. The summed E-state index contributed by atoms with van der Waals surface area (Å²) in [6.07, 6.45) is 12.4. The highest BCUT2D eigenvalue weighted by Crippen LogP contribution is 2.32. The lowest BCUT2D eigenvalue weighted by molar-refractivity contribution is 0.395. The van der Waals surface area contributed by atoms with E-state index in [1.165, 1.54) is 44.1 Å². The Hall–Kier alpha value is -0.830. The van der Waals surface area contributed by atoms with Gasteiger partial charge in [-0.1, -0.05) is 32.6 Å². The Labute approximate surface area is 105 Å². The maximum Gasteiger partial charge on any atom is 0.0537 e. The van der Waals surface area contributed by atoms with E-state index in [1.807, 2.05) is 17.9 Å². The molecule has 0 bridgehead atoms. The van der Waals surface area contributed by atoms with E-state index < -0.39 is 0 Å². The summed E-state index contributed by atoms with van der Waals surface area (Å²) in [6.45, 7) is 3.33. The van der Waals surface area contributed by atoms with Gasteiger partial charge in [-0.3, -0.25) is 4.68 Å². The quantitative estimate of drug-likeness (QED) is 0.821. The first-order chi connectivity index (χ1) is 8.29. The number of rotatable bonds is 6. The summed E-state index contributed by atoms with van der Waals surface area (Å²) in [5.41, 5.74) is 1.35. The van der Waals surface area contributed by atoms with Crippen LogP contribution in [0.5, 0.6) is 0 Å². The fourth-order valence-corrected chi connectivity index (χ4v) is 2.86. The molecule has 1 aliphatic carbocycles. The van der Waals surface area contributed by atoms with E-state index in [9.17, 15) is 0 Å². The highest BCUT2D eigenvalue weighted by Gasteiger charge is 2.21. The molecule has 1 aliphatic rings. The van der Waals surface area contributed by atoms with Gasteiger partial charge in [0.2, 0.25) is 0 Å². The Balaban J connectivity index is 1.96. The highest BCUT2D eigenvalue weighted by molar-refractivity contribution is 5.10. The van der Waals surface area contributed by atoms with Crippen molar-refractivity contribution in [3.05, 3.63) is 18.0 Å². The van der Waals surface area contributed by atoms with Crippen molar-refractivity contribution in [1.29, 1.82) is 0 Å². The maximum absolute atomic E-state index is 4.30. The van der Waals surface area contributed by atoms with Crippen LogP contribution in [0, 0.1) is 5.92 Å². The van der Waals surface area contributed by atoms with Gasteiger partial charge in [0, 0.05) is 24.8 Å². The molecule has 1 saturated carbocycles. The minimum Gasteiger partial charge on any atom is -0.310 e. The summed E-state index contributed by atoms with van der Waals surface area (Å²) < 4.78 is 1.91. The molecule has 0 aliphatic heterocycles. The third-order valence-corrected chi connectivity index (χ3v) is 3.81. The molecular weight excluding hydrogens is 210 g/mol. The Morgan fingerprint density at radius 1 is 1.47 bits per heavy atom. The van der Waals surface area contributed by atoms with Crippen molar-refractivity contribution in [2.45, 2.75) is 51.5 Å². The summed E-state index contributed by atoms with van der Waals surface area (Å²) in [4.78, 5) is 0. The van der Waals surface area contributed by atoms with Crippen LogP contribution in [0.2, 0.25) is 0 Å². The van der Waals surface area contributed by atoms with Crippen LogP contribution in [0.4, 0.5) is 0 Å². The summed E-state index contributed by atoms with van der Waals surface area (Å²) in [5, 5.41) is 7.97. The van der Waals surface area contributed by atoms with Gasteiger partial charge in [0.15, 0.2) is 0 Å². The summed E-state index contributed by atoms with van der Waals surface area (Å²) >= 11 is 0. The largest absolute Gasteiger partial charge is 0.310 e. The number of nitrogens with one attached hydrogen (secondary N) is 1. The Morgan fingerprint density at radius 3 is 2.82 bits per heavy atom. The zero-order valence-corrected chi connectivity index (χ0v) is 11.2. The Bertz CT molecular complexity index is 326. The molecule has 0 spiro atoms. The van der Waals surface area contributed by atoms with E-state index in [2.05, 4.69) is 23.5 Å². The van der Waals surface area contributed by atoms with Gasteiger partial charge in [-0.2, -0.15) is 5.10 Å². The van der Waals surface area contributed by atoms with Gasteiger partial charge in [-0.05, 0) is 25.3 Å². The number of hydrogen-bond acceptors (Lipinski definition) is 2. The topological polar surface area (TPSA) is 29.9 Å². The predicted octanol–water partition coefficient (Wildman–Crippen LogP) is 3.04. The molecule has 0 amide bonds. The molecule has 2 rings (SSSR count). The van der Waals surface area contributed by atoms with Crippen LogP contribution >= 0.6 is 0 Å². The second-order valence-corrected chi connectivity index (χ2v) is 5.34. The van der Waals surface area contributed by atoms with Gasteiger partial charge in [-0.25, -0.2) is 0 Å². The lowest BCUT2D eigenvalue weighted by Crippen LogP contribution is -2.23. The van der Waals surface area contributed by atoms with Crippen LogP contribution in [0.15, 0.2) is 12.4 Å². The standard InChI is InChI=1S/C14H25N3/c1-3-8-15-14(9-12-6-4-5-7-12)13-10-16-17(2)11-13/h10-12,14-15H,3-9H2,1-2H3. The molecular formula is C14H25N3. The SMILES string of the molecule is CCCNC(CC1CCCC1)c1cnn(C)c1. The summed E-state index contributed by atoms with van der Waals surface area (Å²) in [7, 11) is 2.00. The van der Waals surface area contributed by atoms with Crippen LogP contribution < -0.4 is 5.32 Å². The molecule has 1 heterocycles. The molecule has 0 radical (unpaired) electrons. The first-order valence-electron chi connectivity index (χ1n) is 7.01. The Kier molecular flexibility index (Phi) is 4.60. The first-order valence-corrected chi connectivity index (χ1v) is 7.01. The van der Waals surface area contributed by atoms with Gasteiger partial charge < -0.3 is 5.32 Å². The maximum atomic E-state index is 4.30. The summed E-state index contributed by atoms with van der Waals surface area (Å²) in [5.74, 6) is 0.921. The zero-order valence-electron chi connectivity index (χ0n) is 11.2. The molecule has 1 fully saturated rings. The van der Waals surface area contributed by atoms with Gasteiger partial charge in [-0.15, -0.1) is 0 Å². The number of nitrogens with zero attached hydrogens (tertiary/aromatic N) is 2.